The van der Waals surface area contributed by atoms with Gasteiger partial charge in [0.25, 0.3) is 0 Å². The second-order valence-corrected chi connectivity index (χ2v) is 9.42. The monoisotopic (exact) mass is 404 g/mol. The van der Waals surface area contributed by atoms with E-state index in [0.717, 1.165) is 30.4 Å². The van der Waals surface area contributed by atoms with Crippen molar-refractivity contribution in [1.29, 1.82) is 0 Å². The molecule has 4 rings (SSSR count). The van der Waals surface area contributed by atoms with Crippen LogP contribution in [0.25, 0.3) is 0 Å². The number of hydrogen-bond acceptors (Lipinski definition) is 4. The maximum absolute atomic E-state index is 14.3. The van der Waals surface area contributed by atoms with Crippen molar-refractivity contribution in [3.05, 3.63) is 65.0 Å². The van der Waals surface area contributed by atoms with Crippen molar-refractivity contribution in [2.24, 2.45) is 5.92 Å². The summed E-state index contributed by atoms with van der Waals surface area (Å²) in [7, 11) is -3.27. The summed E-state index contributed by atoms with van der Waals surface area (Å²) >= 11 is 0. The second-order valence-electron chi connectivity index (χ2n) is 7.57. The second kappa shape index (κ2) is 8.19. The van der Waals surface area contributed by atoms with Crippen LogP contribution in [0.3, 0.4) is 0 Å². The van der Waals surface area contributed by atoms with Crippen molar-refractivity contribution in [2.75, 3.05) is 18.9 Å². The van der Waals surface area contributed by atoms with Crippen LogP contribution < -0.4 is 14.8 Å². The highest BCUT2D eigenvalue weighted by Gasteiger charge is 2.28. The predicted molar refractivity (Wildman–Crippen MR) is 106 cm³/mol. The van der Waals surface area contributed by atoms with Crippen LogP contribution in [0, 0.1) is 11.7 Å². The topological polar surface area (TPSA) is 67.4 Å². The van der Waals surface area contributed by atoms with E-state index in [2.05, 4.69) is 22.2 Å². The van der Waals surface area contributed by atoms with E-state index in [4.69, 9.17) is 4.74 Å². The highest BCUT2D eigenvalue weighted by Crippen LogP contribution is 2.33. The maximum Gasteiger partial charge on any atom is 0.211 e. The van der Waals surface area contributed by atoms with E-state index in [1.165, 1.54) is 11.6 Å². The minimum atomic E-state index is -3.27. The maximum atomic E-state index is 14.3. The minimum absolute atomic E-state index is 0.0936. The number of hydrogen-bond donors (Lipinski definition) is 2. The highest BCUT2D eigenvalue weighted by molar-refractivity contribution is 7.89. The van der Waals surface area contributed by atoms with E-state index in [1.807, 2.05) is 18.2 Å². The molecule has 1 unspecified atom stereocenters. The molecule has 1 heterocycles. The molecular weight excluding hydrogens is 379 g/mol. The lowest BCUT2D eigenvalue weighted by Crippen LogP contribution is -2.31. The first-order chi connectivity index (χ1) is 13.5. The highest BCUT2D eigenvalue weighted by atomic mass is 32.2. The molecule has 28 heavy (non-hydrogen) atoms. The van der Waals surface area contributed by atoms with Crippen LogP contribution in [0.5, 0.6) is 5.75 Å². The zero-order valence-electron chi connectivity index (χ0n) is 15.7. The summed E-state index contributed by atoms with van der Waals surface area (Å²) in [5, 5.41) is 3.42. The Morgan fingerprint density at radius 1 is 1.18 bits per heavy atom. The number of nitrogens with one attached hydrogen (secondary N) is 2. The Bertz CT molecular complexity index is 930. The fourth-order valence-electron chi connectivity index (χ4n) is 3.59. The van der Waals surface area contributed by atoms with Crippen LogP contribution in [0.15, 0.2) is 42.5 Å². The fraction of sp³-hybridized carbons (Fsp3) is 0.429. The third-order valence-electron chi connectivity index (χ3n) is 5.22. The molecule has 7 heteroatoms. The summed E-state index contributed by atoms with van der Waals surface area (Å²) in [6, 6.07) is 13.5. The lowest BCUT2D eigenvalue weighted by atomic mass is 9.98. The number of benzene rings is 2. The summed E-state index contributed by atoms with van der Waals surface area (Å²) in [6.07, 6.45) is 2.78. The number of fused-ring (bicyclic) bond motifs is 1. The van der Waals surface area contributed by atoms with Gasteiger partial charge in [-0.25, -0.2) is 17.5 Å². The first kappa shape index (κ1) is 19.4. The van der Waals surface area contributed by atoms with Gasteiger partial charge in [0.1, 0.15) is 6.61 Å². The Hall–Kier alpha value is -1.96. The van der Waals surface area contributed by atoms with E-state index >= 15 is 0 Å². The SMILES string of the molecule is O=S(=O)(CC1CC1)NCCOc1cc2c(cc1F)CNC2Cc1ccccc1. The molecule has 0 spiro atoms. The van der Waals surface area contributed by atoms with Crippen molar-refractivity contribution < 1.29 is 17.5 Å². The van der Waals surface area contributed by atoms with Crippen molar-refractivity contribution >= 4 is 10.0 Å². The zero-order chi connectivity index (χ0) is 19.6. The molecule has 0 bridgehead atoms. The lowest BCUT2D eigenvalue weighted by molar-refractivity contribution is 0.306. The predicted octanol–water partition coefficient (Wildman–Crippen LogP) is 2.92. The Morgan fingerprint density at radius 2 is 1.96 bits per heavy atom. The third kappa shape index (κ3) is 4.90. The zero-order valence-corrected chi connectivity index (χ0v) is 16.5. The van der Waals surface area contributed by atoms with E-state index in [0.29, 0.717) is 12.5 Å². The number of rotatable bonds is 9. The van der Waals surface area contributed by atoms with Gasteiger partial charge in [-0.05, 0) is 54.0 Å². The third-order valence-corrected chi connectivity index (χ3v) is 6.78. The molecule has 1 saturated carbocycles. The minimum Gasteiger partial charge on any atom is -0.489 e. The molecule has 2 aliphatic rings. The summed E-state index contributed by atoms with van der Waals surface area (Å²) in [5.41, 5.74) is 3.19. The van der Waals surface area contributed by atoms with Gasteiger partial charge < -0.3 is 10.1 Å². The van der Waals surface area contributed by atoms with Crippen LogP contribution in [-0.2, 0) is 23.0 Å². The molecule has 1 aliphatic heterocycles. The van der Waals surface area contributed by atoms with Gasteiger partial charge in [-0.15, -0.1) is 0 Å². The molecule has 150 valence electrons. The van der Waals surface area contributed by atoms with Crippen LogP contribution in [0.4, 0.5) is 4.39 Å². The standard InChI is InChI=1S/C21H25FN2O3S/c22-19-11-17-13-23-20(10-15-4-2-1-3-5-15)18(17)12-21(19)27-9-8-24-28(25,26)14-16-6-7-16/h1-5,11-12,16,20,23-24H,6-10,13-14H2. The first-order valence-corrected chi connectivity index (χ1v) is 11.4. The molecule has 0 saturated heterocycles. The summed E-state index contributed by atoms with van der Waals surface area (Å²) < 4.78 is 46.2. The number of ether oxygens (including phenoxy) is 1. The Labute approximate surface area is 165 Å². The molecule has 0 aromatic heterocycles. The van der Waals surface area contributed by atoms with Gasteiger partial charge in [-0.2, -0.15) is 0 Å². The number of halogens is 1. The Balaban J connectivity index is 1.36. The van der Waals surface area contributed by atoms with Crippen LogP contribution in [-0.4, -0.2) is 27.3 Å². The molecule has 2 aromatic carbocycles. The van der Waals surface area contributed by atoms with Gasteiger partial charge in [0.05, 0.1) is 5.75 Å². The Morgan fingerprint density at radius 3 is 2.71 bits per heavy atom. The Kier molecular flexibility index (Phi) is 5.66. The van der Waals surface area contributed by atoms with Crippen LogP contribution in [0.2, 0.25) is 0 Å². The van der Waals surface area contributed by atoms with Gasteiger partial charge in [0.2, 0.25) is 10.0 Å². The molecule has 1 atom stereocenters. The fourth-order valence-corrected chi connectivity index (χ4v) is 5.05. The summed E-state index contributed by atoms with van der Waals surface area (Å²) in [6.45, 7) is 0.860. The van der Waals surface area contributed by atoms with E-state index in [1.54, 1.807) is 6.07 Å². The molecule has 2 N–H and O–H groups in total. The normalized spacial score (nSPS) is 18.8. The molecule has 2 aromatic rings. The first-order valence-electron chi connectivity index (χ1n) is 9.70. The molecule has 0 amide bonds. The van der Waals surface area contributed by atoms with Crippen molar-refractivity contribution in [3.63, 3.8) is 0 Å². The molecular formula is C21H25FN2O3S. The largest absolute Gasteiger partial charge is 0.489 e. The molecule has 1 fully saturated rings. The molecule has 5 nitrogen and oxygen atoms in total. The van der Waals surface area contributed by atoms with Crippen molar-refractivity contribution in [3.8, 4) is 5.75 Å². The number of sulfonamides is 1. The summed E-state index contributed by atoms with van der Waals surface area (Å²) in [5.74, 6) is 0.220. The van der Waals surface area contributed by atoms with Crippen LogP contribution >= 0.6 is 0 Å². The van der Waals surface area contributed by atoms with E-state index in [9.17, 15) is 12.8 Å². The van der Waals surface area contributed by atoms with Gasteiger partial charge in [-0.3, -0.25) is 0 Å². The summed E-state index contributed by atoms with van der Waals surface area (Å²) in [4.78, 5) is 0. The average Bonchev–Trinajstić information content (AvgIpc) is 3.39. The molecule has 0 radical (unpaired) electrons. The van der Waals surface area contributed by atoms with Gasteiger partial charge >= 0.3 is 0 Å². The van der Waals surface area contributed by atoms with Gasteiger partial charge in [0.15, 0.2) is 11.6 Å². The van der Waals surface area contributed by atoms with Crippen LogP contribution in [0.1, 0.15) is 35.6 Å². The lowest BCUT2D eigenvalue weighted by Gasteiger charge is -2.14. The van der Waals surface area contributed by atoms with Gasteiger partial charge in [0, 0.05) is 19.1 Å². The van der Waals surface area contributed by atoms with E-state index < -0.39 is 15.8 Å². The average molecular weight is 405 g/mol. The van der Waals surface area contributed by atoms with Crippen molar-refractivity contribution in [2.45, 2.75) is 31.8 Å². The quantitative estimate of drug-likeness (QED) is 0.631. The van der Waals surface area contributed by atoms with E-state index in [-0.39, 0.29) is 30.7 Å². The smallest absolute Gasteiger partial charge is 0.211 e. The van der Waals surface area contributed by atoms with Gasteiger partial charge in [-0.1, -0.05) is 30.3 Å². The van der Waals surface area contributed by atoms with Crippen molar-refractivity contribution in [1.82, 2.24) is 10.0 Å². The molecule has 1 aliphatic carbocycles.